The number of nitrogens with one attached hydrogen (secondary N) is 1. The number of fused-ring (bicyclic) bond motifs is 4. The van der Waals surface area contributed by atoms with Gasteiger partial charge in [0.25, 0.3) is 5.91 Å². The predicted octanol–water partition coefficient (Wildman–Crippen LogP) is 6.02. The molecule has 3 aliphatic carbocycles. The molecule has 2 N–H and O–H groups in total. The monoisotopic (exact) mass is 638 g/mol. The van der Waals surface area contributed by atoms with Crippen LogP contribution < -0.4 is 14.4 Å². The van der Waals surface area contributed by atoms with Gasteiger partial charge in [0.05, 0.1) is 23.6 Å². The minimum atomic E-state index is -3.93. The Morgan fingerprint density at radius 2 is 1.98 bits per heavy atom. The SMILES string of the molecule is C[C@@H]1C/C=C\C(O)[C@@H]2CC[C@H]2CN2C[C@@]3(CCCc4cc(Cl)ccc43)COc3ccc(cc32)C(=O)NS(=O)(=O)[C@@H]1CC1CC1. The number of allylic oxidation sites excluding steroid dienone is 1. The number of aryl methyl sites for hydroxylation is 1. The summed E-state index contributed by atoms with van der Waals surface area (Å²) in [6.07, 6.45) is 11.4. The van der Waals surface area contributed by atoms with Gasteiger partial charge in [-0.05, 0) is 110 Å². The summed E-state index contributed by atoms with van der Waals surface area (Å²) < 4.78 is 36.4. The van der Waals surface area contributed by atoms with E-state index in [0.717, 1.165) is 62.2 Å². The third kappa shape index (κ3) is 5.78. The molecule has 0 aromatic heterocycles. The summed E-state index contributed by atoms with van der Waals surface area (Å²) in [4.78, 5) is 15.9. The highest BCUT2D eigenvalue weighted by Crippen LogP contribution is 2.47. The van der Waals surface area contributed by atoms with Crippen molar-refractivity contribution in [3.8, 4) is 5.75 Å². The van der Waals surface area contributed by atoms with Gasteiger partial charge in [0, 0.05) is 29.1 Å². The van der Waals surface area contributed by atoms with Crippen LogP contribution in [-0.2, 0) is 21.9 Å². The van der Waals surface area contributed by atoms with Crippen molar-refractivity contribution in [2.75, 3.05) is 24.6 Å². The summed E-state index contributed by atoms with van der Waals surface area (Å²) in [7, 11) is -3.93. The van der Waals surface area contributed by atoms with E-state index in [1.54, 1.807) is 12.1 Å². The Balaban J connectivity index is 1.28. The standard InChI is InChI=1S/C35H43ClN2O5S/c1-22-4-2-6-31(39)28-12-9-26(28)19-38-20-35(15-3-5-24-17-27(36)11-13-29(24)35)21-43-32-14-10-25(18-30(32)38)34(40)37-44(41,42)33(22)16-23-7-8-23/h2,6,10-11,13-14,17-18,22-23,26,28,31,33,39H,3-5,7-9,12,15-16,19-21H2,1H3,(H,37,40)/b6-2-/t22-,26+,28-,31?,33-,35+/m1/s1. The molecular weight excluding hydrogens is 596 g/mol. The molecule has 9 heteroatoms. The molecule has 2 heterocycles. The van der Waals surface area contributed by atoms with Gasteiger partial charge >= 0.3 is 0 Å². The number of sulfonamides is 1. The Bertz CT molecular complexity index is 1570. The molecule has 1 unspecified atom stereocenters. The zero-order valence-corrected chi connectivity index (χ0v) is 27.0. The van der Waals surface area contributed by atoms with Crippen LogP contribution in [0, 0.1) is 23.7 Å². The summed E-state index contributed by atoms with van der Waals surface area (Å²) >= 11 is 6.41. The van der Waals surface area contributed by atoms with Crippen LogP contribution in [-0.4, -0.2) is 50.5 Å². The number of hydrogen-bond acceptors (Lipinski definition) is 6. The molecule has 6 atom stereocenters. The van der Waals surface area contributed by atoms with Crippen LogP contribution in [0.2, 0.25) is 5.02 Å². The largest absolute Gasteiger partial charge is 0.490 e. The molecule has 2 aliphatic heterocycles. The second-order valence-electron chi connectivity index (χ2n) is 14.1. The van der Waals surface area contributed by atoms with Crippen LogP contribution in [0.5, 0.6) is 5.75 Å². The maximum Gasteiger partial charge on any atom is 0.264 e. The second kappa shape index (κ2) is 11.7. The molecule has 2 aromatic rings. The molecule has 7 rings (SSSR count). The minimum Gasteiger partial charge on any atom is -0.490 e. The van der Waals surface area contributed by atoms with Crippen molar-refractivity contribution in [3.63, 3.8) is 0 Å². The van der Waals surface area contributed by atoms with Crippen molar-refractivity contribution in [2.24, 2.45) is 23.7 Å². The number of nitrogens with zero attached hydrogens (tertiary/aromatic N) is 1. The van der Waals surface area contributed by atoms with E-state index >= 15 is 0 Å². The first-order valence-electron chi connectivity index (χ1n) is 16.3. The van der Waals surface area contributed by atoms with Gasteiger partial charge in [0.1, 0.15) is 5.75 Å². The van der Waals surface area contributed by atoms with E-state index in [-0.39, 0.29) is 23.2 Å². The molecule has 1 spiro atoms. The van der Waals surface area contributed by atoms with Gasteiger partial charge in [-0.3, -0.25) is 4.79 Å². The van der Waals surface area contributed by atoms with E-state index in [1.165, 1.54) is 11.1 Å². The normalized spacial score (nSPS) is 34.0. The van der Waals surface area contributed by atoms with Crippen LogP contribution >= 0.6 is 11.6 Å². The average molecular weight is 639 g/mol. The zero-order chi connectivity index (χ0) is 30.6. The van der Waals surface area contributed by atoms with E-state index in [0.29, 0.717) is 43.2 Å². The molecule has 44 heavy (non-hydrogen) atoms. The average Bonchev–Trinajstić information content (AvgIpc) is 3.81. The zero-order valence-electron chi connectivity index (χ0n) is 25.4. The van der Waals surface area contributed by atoms with Gasteiger partial charge in [0.2, 0.25) is 10.0 Å². The van der Waals surface area contributed by atoms with E-state index in [2.05, 4.69) is 21.8 Å². The van der Waals surface area contributed by atoms with Crippen molar-refractivity contribution < 1.29 is 23.1 Å². The molecule has 2 fully saturated rings. The first-order valence-corrected chi connectivity index (χ1v) is 18.3. The van der Waals surface area contributed by atoms with Crippen molar-refractivity contribution in [2.45, 2.75) is 81.5 Å². The molecule has 2 bridgehead atoms. The molecule has 5 aliphatic rings. The van der Waals surface area contributed by atoms with E-state index in [1.807, 2.05) is 31.2 Å². The lowest BCUT2D eigenvalue weighted by Crippen LogP contribution is -2.49. The van der Waals surface area contributed by atoms with Crippen LogP contribution in [0.15, 0.2) is 48.6 Å². The van der Waals surface area contributed by atoms with Gasteiger partial charge in [0.15, 0.2) is 0 Å². The fraction of sp³-hybridized carbons (Fsp3) is 0.571. The number of hydrogen-bond donors (Lipinski definition) is 2. The Kier molecular flexibility index (Phi) is 7.99. The highest BCUT2D eigenvalue weighted by molar-refractivity contribution is 7.90. The summed E-state index contributed by atoms with van der Waals surface area (Å²) in [5.41, 5.74) is 3.38. The highest BCUT2D eigenvalue weighted by atomic mass is 35.5. The molecule has 2 saturated carbocycles. The Hall–Kier alpha value is -2.55. The molecule has 7 nitrogen and oxygen atoms in total. The lowest BCUT2D eigenvalue weighted by Gasteiger charge is -2.45. The van der Waals surface area contributed by atoms with Crippen molar-refractivity contribution in [1.82, 2.24) is 4.72 Å². The first-order chi connectivity index (χ1) is 21.1. The molecule has 2 aromatic carbocycles. The predicted molar refractivity (Wildman–Crippen MR) is 173 cm³/mol. The number of rotatable bonds is 2. The van der Waals surface area contributed by atoms with E-state index in [4.69, 9.17) is 16.3 Å². The molecule has 0 radical (unpaired) electrons. The van der Waals surface area contributed by atoms with E-state index in [9.17, 15) is 18.3 Å². The van der Waals surface area contributed by atoms with Gasteiger partial charge in [-0.1, -0.05) is 49.6 Å². The smallest absolute Gasteiger partial charge is 0.264 e. The number of aliphatic hydroxyl groups is 1. The maximum absolute atomic E-state index is 13.7. The summed E-state index contributed by atoms with van der Waals surface area (Å²) in [5.74, 6) is 0.716. The highest BCUT2D eigenvalue weighted by Gasteiger charge is 2.44. The third-order valence-corrected chi connectivity index (χ3v) is 13.2. The van der Waals surface area contributed by atoms with E-state index < -0.39 is 27.3 Å². The lowest BCUT2D eigenvalue weighted by molar-refractivity contribution is 0.0455. The van der Waals surface area contributed by atoms with Gasteiger partial charge in [-0.15, -0.1) is 0 Å². The van der Waals surface area contributed by atoms with Crippen molar-refractivity contribution in [1.29, 1.82) is 0 Å². The van der Waals surface area contributed by atoms with Gasteiger partial charge in [-0.25, -0.2) is 13.1 Å². The third-order valence-electron chi connectivity index (χ3n) is 11.0. The summed E-state index contributed by atoms with van der Waals surface area (Å²) in [5, 5.41) is 11.3. The van der Waals surface area contributed by atoms with Gasteiger partial charge in [-0.2, -0.15) is 0 Å². The number of anilines is 1. The van der Waals surface area contributed by atoms with Crippen molar-refractivity contribution >= 4 is 33.2 Å². The fourth-order valence-electron chi connectivity index (χ4n) is 8.15. The topological polar surface area (TPSA) is 95.9 Å². The molecule has 1 amide bonds. The van der Waals surface area contributed by atoms with Gasteiger partial charge < -0.3 is 14.7 Å². The Labute approximate surface area is 266 Å². The minimum absolute atomic E-state index is 0.132. The molecule has 236 valence electrons. The number of ether oxygens (including phenoxy) is 1. The second-order valence-corrected chi connectivity index (χ2v) is 16.4. The number of carbonyl (C=O) groups is 1. The Morgan fingerprint density at radius 3 is 2.75 bits per heavy atom. The van der Waals surface area contributed by atoms with Crippen LogP contribution in [0.1, 0.15) is 79.8 Å². The number of carbonyl (C=O) groups excluding carboxylic acids is 1. The first kappa shape index (κ1) is 30.1. The number of aliphatic hydroxyl groups excluding tert-OH is 1. The quantitative estimate of drug-likeness (QED) is 0.391. The molecular formula is C35H43ClN2O5S. The lowest BCUT2D eigenvalue weighted by atomic mass is 9.68. The fourth-order valence-corrected chi connectivity index (χ4v) is 10.1. The number of halogens is 1. The van der Waals surface area contributed by atoms with Crippen LogP contribution in [0.3, 0.4) is 0 Å². The number of amides is 1. The Morgan fingerprint density at radius 1 is 1.14 bits per heavy atom. The van der Waals surface area contributed by atoms with Crippen LogP contribution in [0.4, 0.5) is 5.69 Å². The maximum atomic E-state index is 13.7. The summed E-state index contributed by atoms with van der Waals surface area (Å²) in [6.45, 7) is 3.87. The van der Waals surface area contributed by atoms with Crippen molar-refractivity contribution in [3.05, 3.63) is 70.3 Å². The molecule has 0 saturated heterocycles. The van der Waals surface area contributed by atoms with Crippen LogP contribution in [0.25, 0.3) is 0 Å². The number of benzene rings is 2. The summed E-state index contributed by atoms with van der Waals surface area (Å²) in [6, 6.07) is 11.5.